The average Bonchev–Trinajstić information content (AvgIpc) is 2.58. The molecule has 2 rings (SSSR count). The summed E-state index contributed by atoms with van der Waals surface area (Å²) in [4.78, 5) is 27.9. The Morgan fingerprint density at radius 2 is 1.96 bits per heavy atom. The molecule has 0 bridgehead atoms. The summed E-state index contributed by atoms with van der Waals surface area (Å²) in [6, 6.07) is 5.41. The van der Waals surface area contributed by atoms with Gasteiger partial charge in [-0.1, -0.05) is 6.92 Å². The van der Waals surface area contributed by atoms with Crippen molar-refractivity contribution in [2.75, 3.05) is 31.6 Å². The highest BCUT2D eigenvalue weighted by atomic mass is 16.6. The zero-order valence-electron chi connectivity index (χ0n) is 16.2. The Balaban J connectivity index is 2.15. The van der Waals surface area contributed by atoms with Crippen LogP contribution < -0.4 is 15.4 Å². The molecular weight excluding hydrogens is 334 g/mol. The van der Waals surface area contributed by atoms with E-state index in [1.54, 1.807) is 11.0 Å². The van der Waals surface area contributed by atoms with Crippen molar-refractivity contribution in [3.05, 3.63) is 23.8 Å². The second-order valence-electron chi connectivity index (χ2n) is 7.43. The Kier molecular flexibility index (Phi) is 6.00. The quantitative estimate of drug-likeness (QED) is 0.889. The molecule has 0 aliphatic carbocycles. The normalized spacial score (nSPS) is 17.8. The predicted octanol–water partition coefficient (Wildman–Crippen LogP) is 2.63. The van der Waals surface area contributed by atoms with Gasteiger partial charge in [0.1, 0.15) is 11.4 Å². The third-order valence-electron chi connectivity index (χ3n) is 4.40. The maximum Gasteiger partial charge on any atom is 0.410 e. The van der Waals surface area contributed by atoms with E-state index in [2.05, 4.69) is 11.8 Å². The number of carbonyl (C=O) groups excluding carboxylic acids is 2. The Morgan fingerprint density at radius 1 is 1.27 bits per heavy atom. The second kappa shape index (κ2) is 7.85. The lowest BCUT2D eigenvalue weighted by Gasteiger charge is -2.42. The van der Waals surface area contributed by atoms with Gasteiger partial charge in [0.05, 0.1) is 18.7 Å². The van der Waals surface area contributed by atoms with Crippen LogP contribution in [0.2, 0.25) is 0 Å². The number of rotatable bonds is 4. The van der Waals surface area contributed by atoms with E-state index in [-0.39, 0.29) is 12.1 Å². The molecule has 1 atom stereocenters. The molecule has 0 unspecified atom stereocenters. The minimum atomic E-state index is -0.519. The van der Waals surface area contributed by atoms with E-state index >= 15 is 0 Å². The van der Waals surface area contributed by atoms with E-state index in [0.29, 0.717) is 30.9 Å². The van der Waals surface area contributed by atoms with Crippen LogP contribution in [0.1, 0.15) is 44.5 Å². The molecule has 1 aliphatic rings. The number of hydrogen-bond acceptors (Lipinski definition) is 5. The van der Waals surface area contributed by atoms with Gasteiger partial charge in [0.25, 0.3) is 5.91 Å². The van der Waals surface area contributed by atoms with Gasteiger partial charge in [0, 0.05) is 31.4 Å². The molecular formula is C19H29N3O4. The lowest BCUT2D eigenvalue weighted by atomic mass is 10.1. The second-order valence-corrected chi connectivity index (χ2v) is 7.43. The number of benzene rings is 1. The van der Waals surface area contributed by atoms with Gasteiger partial charge >= 0.3 is 6.09 Å². The van der Waals surface area contributed by atoms with Crippen molar-refractivity contribution in [2.24, 2.45) is 5.73 Å². The van der Waals surface area contributed by atoms with Crippen LogP contribution in [0.3, 0.4) is 0 Å². The number of nitrogens with two attached hydrogens (primary N) is 1. The molecule has 0 spiro atoms. The first-order valence-electron chi connectivity index (χ1n) is 8.88. The minimum absolute atomic E-state index is 0.0559. The molecule has 1 heterocycles. The van der Waals surface area contributed by atoms with Crippen molar-refractivity contribution in [3.8, 4) is 5.75 Å². The first-order valence-corrected chi connectivity index (χ1v) is 8.88. The zero-order valence-corrected chi connectivity index (χ0v) is 16.2. The van der Waals surface area contributed by atoms with Gasteiger partial charge in [0.15, 0.2) is 0 Å². The first-order chi connectivity index (χ1) is 12.2. The summed E-state index contributed by atoms with van der Waals surface area (Å²) in [5.41, 5.74) is 6.16. The highest BCUT2D eigenvalue weighted by molar-refractivity contribution is 5.96. The average molecular weight is 363 g/mol. The fourth-order valence-corrected chi connectivity index (χ4v) is 3.08. The molecule has 1 saturated heterocycles. The van der Waals surface area contributed by atoms with Crippen LogP contribution in [0.15, 0.2) is 18.2 Å². The van der Waals surface area contributed by atoms with Crippen molar-refractivity contribution in [2.45, 2.75) is 45.8 Å². The van der Waals surface area contributed by atoms with Crippen LogP contribution in [0, 0.1) is 0 Å². The van der Waals surface area contributed by atoms with Gasteiger partial charge in [-0.05, 0) is 39.3 Å². The SMILES string of the molecule is CC[C@@H]1CN(c2ccc(C(N)=O)c(OC)c2)CCN1C(=O)OC(C)(C)C. The fourth-order valence-electron chi connectivity index (χ4n) is 3.08. The lowest BCUT2D eigenvalue weighted by molar-refractivity contribution is 0.0136. The maximum atomic E-state index is 12.5. The summed E-state index contributed by atoms with van der Waals surface area (Å²) in [6.07, 6.45) is 0.553. The van der Waals surface area contributed by atoms with Crippen LogP contribution in [-0.4, -0.2) is 55.3 Å². The highest BCUT2D eigenvalue weighted by Gasteiger charge is 2.32. The zero-order chi connectivity index (χ0) is 19.5. The molecule has 7 nitrogen and oxygen atoms in total. The number of ether oxygens (including phenoxy) is 2. The van der Waals surface area contributed by atoms with E-state index in [1.165, 1.54) is 7.11 Å². The van der Waals surface area contributed by atoms with E-state index in [4.69, 9.17) is 15.2 Å². The number of nitrogens with zero attached hydrogens (tertiary/aromatic N) is 2. The summed E-state index contributed by atoms with van der Waals surface area (Å²) < 4.78 is 10.8. The predicted molar refractivity (Wildman–Crippen MR) is 101 cm³/mol. The van der Waals surface area contributed by atoms with Crippen LogP contribution in [0.5, 0.6) is 5.75 Å². The van der Waals surface area contributed by atoms with Crippen molar-refractivity contribution in [1.82, 2.24) is 4.90 Å². The van der Waals surface area contributed by atoms with Gasteiger partial charge in [-0.2, -0.15) is 0 Å². The van der Waals surface area contributed by atoms with Crippen molar-refractivity contribution < 1.29 is 19.1 Å². The number of amides is 2. The van der Waals surface area contributed by atoms with Crippen LogP contribution in [-0.2, 0) is 4.74 Å². The summed E-state index contributed by atoms with van der Waals surface area (Å²) in [5.74, 6) is -0.0628. The Labute approximate surface area is 155 Å². The van der Waals surface area contributed by atoms with Crippen molar-refractivity contribution in [3.63, 3.8) is 0 Å². The number of primary amides is 1. The van der Waals surface area contributed by atoms with Gasteiger partial charge in [-0.15, -0.1) is 0 Å². The molecule has 144 valence electrons. The number of methoxy groups -OCH3 is 1. The Hall–Kier alpha value is -2.44. The third kappa shape index (κ3) is 4.59. The number of anilines is 1. The van der Waals surface area contributed by atoms with Gasteiger partial charge in [0.2, 0.25) is 0 Å². The topological polar surface area (TPSA) is 85.1 Å². The number of carbonyl (C=O) groups is 2. The van der Waals surface area contributed by atoms with E-state index in [9.17, 15) is 9.59 Å². The molecule has 7 heteroatoms. The summed E-state index contributed by atoms with van der Waals surface area (Å²) in [5, 5.41) is 0. The summed E-state index contributed by atoms with van der Waals surface area (Å²) >= 11 is 0. The number of piperazine rings is 1. The number of hydrogen-bond donors (Lipinski definition) is 1. The van der Waals surface area contributed by atoms with Gasteiger partial charge in [-0.3, -0.25) is 4.79 Å². The van der Waals surface area contributed by atoms with Crippen molar-refractivity contribution in [1.29, 1.82) is 0 Å². The monoisotopic (exact) mass is 363 g/mol. The molecule has 0 saturated carbocycles. The molecule has 26 heavy (non-hydrogen) atoms. The van der Waals surface area contributed by atoms with E-state index < -0.39 is 11.5 Å². The standard InChI is InChI=1S/C19H29N3O4/c1-6-13-12-21(9-10-22(13)18(24)26-19(2,3)4)14-7-8-15(17(20)23)16(11-14)25-5/h7-8,11,13H,6,9-10,12H2,1-5H3,(H2,20,23)/t13-/m1/s1. The maximum absolute atomic E-state index is 12.5. The molecule has 2 amide bonds. The highest BCUT2D eigenvalue weighted by Crippen LogP contribution is 2.28. The largest absolute Gasteiger partial charge is 0.496 e. The van der Waals surface area contributed by atoms with Crippen molar-refractivity contribution >= 4 is 17.7 Å². The first kappa shape index (κ1) is 19.9. The van der Waals surface area contributed by atoms with Crippen LogP contribution in [0.4, 0.5) is 10.5 Å². The smallest absolute Gasteiger partial charge is 0.410 e. The van der Waals surface area contributed by atoms with Gasteiger partial charge < -0.3 is 25.0 Å². The van der Waals surface area contributed by atoms with Crippen LogP contribution >= 0.6 is 0 Å². The van der Waals surface area contributed by atoms with E-state index in [0.717, 1.165) is 12.1 Å². The van der Waals surface area contributed by atoms with E-state index in [1.807, 2.05) is 32.9 Å². The molecule has 1 fully saturated rings. The molecule has 1 aromatic rings. The van der Waals surface area contributed by atoms with Gasteiger partial charge in [-0.25, -0.2) is 4.79 Å². The Morgan fingerprint density at radius 3 is 2.50 bits per heavy atom. The minimum Gasteiger partial charge on any atom is -0.496 e. The lowest BCUT2D eigenvalue weighted by Crippen LogP contribution is -2.56. The summed E-state index contributed by atoms with van der Waals surface area (Å²) in [6.45, 7) is 9.61. The molecule has 1 aliphatic heterocycles. The molecule has 1 aromatic carbocycles. The molecule has 2 N–H and O–H groups in total. The fraction of sp³-hybridized carbons (Fsp3) is 0.579. The molecule has 0 radical (unpaired) electrons. The van der Waals surface area contributed by atoms with Crippen LogP contribution in [0.25, 0.3) is 0 Å². The third-order valence-corrected chi connectivity index (χ3v) is 4.40. The molecule has 0 aromatic heterocycles. The summed E-state index contributed by atoms with van der Waals surface area (Å²) in [7, 11) is 1.51. The Bertz CT molecular complexity index is 669.